The highest BCUT2D eigenvalue weighted by molar-refractivity contribution is 7.14. The molecule has 30 heavy (non-hydrogen) atoms. The largest absolute Gasteiger partial charge is 0.497 e. The fraction of sp³-hybridized carbons (Fsp3) is 0.250. The van der Waals surface area contributed by atoms with Crippen molar-refractivity contribution in [1.29, 1.82) is 0 Å². The topological polar surface area (TPSA) is 60.5 Å². The van der Waals surface area contributed by atoms with Gasteiger partial charge in [-0.2, -0.15) is 0 Å². The lowest BCUT2D eigenvalue weighted by Crippen LogP contribution is -2.07. The second-order valence-electron chi connectivity index (χ2n) is 7.19. The van der Waals surface area contributed by atoms with Gasteiger partial charge in [0, 0.05) is 17.0 Å². The first-order chi connectivity index (χ1) is 14.5. The number of benzene rings is 2. The van der Waals surface area contributed by atoms with Gasteiger partial charge in [-0.05, 0) is 60.4 Å². The third-order valence-electron chi connectivity index (χ3n) is 4.39. The summed E-state index contributed by atoms with van der Waals surface area (Å²) < 4.78 is 10.9. The Labute approximate surface area is 181 Å². The number of carbonyl (C=O) groups is 1. The van der Waals surface area contributed by atoms with Gasteiger partial charge in [-0.3, -0.25) is 10.1 Å². The average molecular weight is 423 g/mol. The third-order valence-corrected chi connectivity index (χ3v) is 5.15. The third kappa shape index (κ3) is 6.46. The molecule has 0 unspecified atom stereocenters. The summed E-state index contributed by atoms with van der Waals surface area (Å²) in [6, 6.07) is 15.3. The Morgan fingerprint density at radius 3 is 2.47 bits per heavy atom. The summed E-state index contributed by atoms with van der Waals surface area (Å²) in [7, 11) is 1.63. The van der Waals surface area contributed by atoms with Crippen LogP contribution in [0, 0.1) is 5.92 Å². The van der Waals surface area contributed by atoms with E-state index in [-0.39, 0.29) is 5.91 Å². The van der Waals surface area contributed by atoms with Gasteiger partial charge in [0.15, 0.2) is 5.13 Å². The van der Waals surface area contributed by atoms with Crippen LogP contribution in [-0.4, -0.2) is 24.6 Å². The SMILES string of the molecule is COc1ccc(-c2csc(NC(=O)/C=C\c3ccc(OCCC(C)C)cc3)n2)cc1. The molecular formula is C24H26N2O3S. The van der Waals surface area contributed by atoms with Crippen LogP contribution in [0.3, 0.4) is 0 Å². The molecule has 0 saturated heterocycles. The summed E-state index contributed by atoms with van der Waals surface area (Å²) in [6.45, 7) is 5.06. The lowest BCUT2D eigenvalue weighted by molar-refractivity contribution is -0.111. The molecular weight excluding hydrogens is 396 g/mol. The van der Waals surface area contributed by atoms with E-state index in [0.717, 1.165) is 34.7 Å². The predicted molar refractivity (Wildman–Crippen MR) is 123 cm³/mol. The molecule has 3 rings (SSSR count). The molecule has 156 valence electrons. The van der Waals surface area contributed by atoms with Crippen LogP contribution in [0.15, 0.2) is 60.0 Å². The monoisotopic (exact) mass is 422 g/mol. The van der Waals surface area contributed by atoms with Crippen molar-refractivity contribution >= 4 is 28.5 Å². The molecule has 0 atom stereocenters. The number of hydrogen-bond acceptors (Lipinski definition) is 5. The lowest BCUT2D eigenvalue weighted by Gasteiger charge is -2.08. The van der Waals surface area contributed by atoms with Crippen molar-refractivity contribution < 1.29 is 14.3 Å². The van der Waals surface area contributed by atoms with Gasteiger partial charge in [0.2, 0.25) is 5.91 Å². The summed E-state index contributed by atoms with van der Waals surface area (Å²) in [5.74, 6) is 2.03. The molecule has 0 saturated carbocycles. The van der Waals surface area contributed by atoms with E-state index in [0.29, 0.717) is 17.7 Å². The van der Waals surface area contributed by atoms with Gasteiger partial charge in [0.05, 0.1) is 19.4 Å². The fourth-order valence-corrected chi connectivity index (χ4v) is 3.35. The number of hydrogen-bond donors (Lipinski definition) is 1. The van der Waals surface area contributed by atoms with Crippen molar-refractivity contribution in [3.05, 3.63) is 65.6 Å². The summed E-state index contributed by atoms with van der Waals surface area (Å²) >= 11 is 1.39. The van der Waals surface area contributed by atoms with Gasteiger partial charge in [0.25, 0.3) is 0 Å². The number of thiazole rings is 1. The zero-order valence-corrected chi connectivity index (χ0v) is 18.2. The molecule has 1 amide bonds. The van der Waals surface area contributed by atoms with Gasteiger partial charge in [-0.15, -0.1) is 11.3 Å². The number of carbonyl (C=O) groups excluding carboxylic acids is 1. The number of nitrogens with zero attached hydrogens (tertiary/aromatic N) is 1. The van der Waals surface area contributed by atoms with Crippen molar-refractivity contribution in [1.82, 2.24) is 4.98 Å². The molecule has 0 radical (unpaired) electrons. The van der Waals surface area contributed by atoms with Gasteiger partial charge in [0.1, 0.15) is 11.5 Å². The zero-order valence-electron chi connectivity index (χ0n) is 17.4. The summed E-state index contributed by atoms with van der Waals surface area (Å²) in [5.41, 5.74) is 2.72. The van der Waals surface area contributed by atoms with Crippen LogP contribution < -0.4 is 14.8 Å². The number of methoxy groups -OCH3 is 1. The first kappa shape index (κ1) is 21.6. The molecule has 1 aromatic heterocycles. The van der Waals surface area contributed by atoms with Gasteiger partial charge < -0.3 is 9.47 Å². The van der Waals surface area contributed by atoms with Crippen LogP contribution in [0.4, 0.5) is 5.13 Å². The maximum Gasteiger partial charge on any atom is 0.250 e. The minimum absolute atomic E-state index is 0.220. The maximum absolute atomic E-state index is 12.2. The average Bonchev–Trinajstić information content (AvgIpc) is 3.21. The molecule has 5 nitrogen and oxygen atoms in total. The van der Waals surface area contributed by atoms with E-state index in [4.69, 9.17) is 9.47 Å². The Kier molecular flexibility index (Phi) is 7.63. The summed E-state index contributed by atoms with van der Waals surface area (Å²) in [4.78, 5) is 16.7. The molecule has 1 heterocycles. The number of nitrogens with one attached hydrogen (secondary N) is 1. The standard InChI is InChI=1S/C24H26N2O3S/c1-17(2)14-15-29-21-9-4-18(5-10-21)6-13-23(27)26-24-25-22(16-30-24)19-7-11-20(28-3)12-8-19/h4-13,16-17H,14-15H2,1-3H3,(H,25,26,27)/b13-6-. The highest BCUT2D eigenvalue weighted by atomic mass is 32.1. The number of aromatic nitrogens is 1. The highest BCUT2D eigenvalue weighted by Crippen LogP contribution is 2.26. The molecule has 1 N–H and O–H groups in total. The highest BCUT2D eigenvalue weighted by Gasteiger charge is 2.07. The smallest absolute Gasteiger partial charge is 0.250 e. The Morgan fingerprint density at radius 2 is 1.80 bits per heavy atom. The number of anilines is 1. The molecule has 0 aliphatic carbocycles. The molecule has 3 aromatic rings. The van der Waals surface area contributed by atoms with Gasteiger partial charge in [-0.25, -0.2) is 4.98 Å². The normalized spacial score (nSPS) is 11.1. The number of rotatable bonds is 9. The Hall–Kier alpha value is -3.12. The molecule has 0 spiro atoms. The van der Waals surface area contributed by atoms with Crippen molar-refractivity contribution in [2.24, 2.45) is 5.92 Å². The van der Waals surface area contributed by atoms with Crippen LogP contribution in [0.1, 0.15) is 25.8 Å². The van der Waals surface area contributed by atoms with E-state index in [2.05, 4.69) is 24.1 Å². The van der Waals surface area contributed by atoms with E-state index >= 15 is 0 Å². The van der Waals surface area contributed by atoms with Gasteiger partial charge >= 0.3 is 0 Å². The molecule has 0 fully saturated rings. The Morgan fingerprint density at radius 1 is 1.10 bits per heavy atom. The maximum atomic E-state index is 12.2. The van der Waals surface area contributed by atoms with E-state index in [1.54, 1.807) is 13.2 Å². The quantitative estimate of drug-likeness (QED) is 0.437. The number of ether oxygens (including phenoxy) is 2. The fourth-order valence-electron chi connectivity index (χ4n) is 2.63. The van der Waals surface area contributed by atoms with Crippen molar-refractivity contribution in [2.75, 3.05) is 19.0 Å². The molecule has 0 bridgehead atoms. The first-order valence-electron chi connectivity index (χ1n) is 9.85. The van der Waals surface area contributed by atoms with E-state index in [1.807, 2.05) is 53.9 Å². The number of amides is 1. The van der Waals surface area contributed by atoms with Crippen LogP contribution in [0.5, 0.6) is 11.5 Å². The summed E-state index contributed by atoms with van der Waals surface area (Å²) in [5, 5.41) is 5.28. The van der Waals surface area contributed by atoms with E-state index < -0.39 is 0 Å². The van der Waals surface area contributed by atoms with Crippen molar-refractivity contribution in [2.45, 2.75) is 20.3 Å². The molecule has 6 heteroatoms. The van der Waals surface area contributed by atoms with Crippen LogP contribution in [0.2, 0.25) is 0 Å². The minimum Gasteiger partial charge on any atom is -0.497 e. The van der Waals surface area contributed by atoms with Crippen LogP contribution >= 0.6 is 11.3 Å². The van der Waals surface area contributed by atoms with E-state index in [9.17, 15) is 4.79 Å². The van der Waals surface area contributed by atoms with Crippen molar-refractivity contribution in [3.63, 3.8) is 0 Å². The summed E-state index contributed by atoms with van der Waals surface area (Å²) in [6.07, 6.45) is 4.30. The molecule has 0 aliphatic heterocycles. The second-order valence-corrected chi connectivity index (χ2v) is 8.05. The van der Waals surface area contributed by atoms with E-state index in [1.165, 1.54) is 17.4 Å². The Balaban J connectivity index is 1.52. The Bertz CT molecular complexity index is 976. The first-order valence-corrected chi connectivity index (χ1v) is 10.7. The zero-order chi connectivity index (χ0) is 21.3. The predicted octanol–water partition coefficient (Wildman–Crippen LogP) is 5.90. The van der Waals surface area contributed by atoms with Crippen LogP contribution in [0.25, 0.3) is 17.3 Å². The second kappa shape index (κ2) is 10.6. The van der Waals surface area contributed by atoms with Gasteiger partial charge in [-0.1, -0.05) is 26.0 Å². The van der Waals surface area contributed by atoms with Crippen LogP contribution in [-0.2, 0) is 4.79 Å². The minimum atomic E-state index is -0.220. The molecule has 0 aliphatic rings. The molecule has 2 aromatic carbocycles. The van der Waals surface area contributed by atoms with Crippen molar-refractivity contribution in [3.8, 4) is 22.8 Å². The lowest BCUT2D eigenvalue weighted by atomic mass is 10.1.